The monoisotopic (exact) mass is 329 g/mol. The van der Waals surface area contributed by atoms with Gasteiger partial charge in [-0.05, 0) is 23.9 Å². The quantitative estimate of drug-likeness (QED) is 0.752. The molecule has 0 unspecified atom stereocenters. The largest absolute Gasteiger partial charge is 0.435 e. The molecule has 0 amide bonds. The van der Waals surface area contributed by atoms with E-state index in [1.807, 2.05) is 0 Å². The number of hydrogen-bond acceptors (Lipinski definition) is 6. The normalized spacial score (nSPS) is 11.4. The SMILES string of the molecule is OCc1csc(Sc2nc3ccc(OC(F)F)cc3[nH]2)n1. The average Bonchev–Trinajstić information content (AvgIpc) is 3.04. The molecule has 0 fully saturated rings. The number of ether oxygens (including phenoxy) is 1. The van der Waals surface area contributed by atoms with Crippen molar-refractivity contribution in [1.29, 1.82) is 0 Å². The standard InChI is InChI=1S/C12H9F2N3O2S2/c13-10(14)19-7-1-2-8-9(3-7)17-11(16-8)21-12-15-6(4-18)5-20-12/h1-3,5,10,18H,4H2,(H,16,17). The Kier molecular flexibility index (Phi) is 4.04. The number of alkyl halides is 2. The molecule has 0 aliphatic rings. The van der Waals surface area contributed by atoms with E-state index >= 15 is 0 Å². The number of halogens is 2. The number of imidazole rings is 1. The number of fused-ring (bicyclic) bond motifs is 1. The van der Waals surface area contributed by atoms with E-state index < -0.39 is 6.61 Å². The fourth-order valence-electron chi connectivity index (χ4n) is 1.68. The van der Waals surface area contributed by atoms with Crippen LogP contribution in [0.4, 0.5) is 8.78 Å². The van der Waals surface area contributed by atoms with E-state index in [0.717, 1.165) is 4.34 Å². The van der Waals surface area contributed by atoms with Gasteiger partial charge in [0.05, 0.1) is 23.3 Å². The first-order valence-corrected chi connectivity index (χ1v) is 7.51. The van der Waals surface area contributed by atoms with Crippen molar-refractivity contribution in [3.8, 4) is 5.75 Å². The second-order valence-electron chi connectivity index (χ2n) is 3.96. The number of nitrogens with zero attached hydrogens (tertiary/aromatic N) is 2. The van der Waals surface area contributed by atoms with Crippen LogP contribution in [0, 0.1) is 0 Å². The van der Waals surface area contributed by atoms with Crippen LogP contribution in [0.1, 0.15) is 5.69 Å². The molecule has 0 saturated heterocycles. The highest BCUT2D eigenvalue weighted by atomic mass is 32.2. The van der Waals surface area contributed by atoms with Crippen LogP contribution < -0.4 is 4.74 Å². The van der Waals surface area contributed by atoms with E-state index in [0.29, 0.717) is 21.9 Å². The first-order chi connectivity index (χ1) is 10.1. The smallest absolute Gasteiger partial charge is 0.387 e. The third-order valence-corrected chi connectivity index (χ3v) is 4.41. The Labute approximate surface area is 126 Å². The summed E-state index contributed by atoms with van der Waals surface area (Å²) >= 11 is 2.71. The van der Waals surface area contributed by atoms with Crippen LogP contribution in [0.3, 0.4) is 0 Å². The number of benzene rings is 1. The number of nitrogens with one attached hydrogen (secondary N) is 1. The fraction of sp³-hybridized carbons (Fsp3) is 0.167. The van der Waals surface area contributed by atoms with E-state index in [1.165, 1.54) is 35.2 Å². The van der Waals surface area contributed by atoms with Crippen LogP contribution in [0.2, 0.25) is 0 Å². The van der Waals surface area contributed by atoms with Gasteiger partial charge in [0.15, 0.2) is 9.50 Å². The Morgan fingerprint density at radius 2 is 2.24 bits per heavy atom. The third-order valence-electron chi connectivity index (χ3n) is 2.53. The number of H-pyrrole nitrogens is 1. The zero-order chi connectivity index (χ0) is 14.8. The molecule has 0 aliphatic heterocycles. The summed E-state index contributed by atoms with van der Waals surface area (Å²) in [4.78, 5) is 11.5. The molecule has 0 atom stereocenters. The molecule has 0 aliphatic carbocycles. The van der Waals surface area contributed by atoms with Gasteiger partial charge in [-0.15, -0.1) is 11.3 Å². The first-order valence-electron chi connectivity index (χ1n) is 5.82. The van der Waals surface area contributed by atoms with Gasteiger partial charge in [-0.3, -0.25) is 0 Å². The minimum absolute atomic E-state index is 0.0783. The van der Waals surface area contributed by atoms with Crippen molar-refractivity contribution in [3.05, 3.63) is 29.3 Å². The lowest BCUT2D eigenvalue weighted by molar-refractivity contribution is -0.0497. The number of aromatic nitrogens is 3. The van der Waals surface area contributed by atoms with Crippen LogP contribution in [-0.2, 0) is 6.61 Å². The molecule has 21 heavy (non-hydrogen) atoms. The zero-order valence-corrected chi connectivity index (χ0v) is 12.0. The van der Waals surface area contributed by atoms with Gasteiger partial charge in [-0.2, -0.15) is 8.78 Å². The van der Waals surface area contributed by atoms with Crippen LogP contribution in [0.15, 0.2) is 33.1 Å². The molecule has 110 valence electrons. The highest BCUT2D eigenvalue weighted by molar-refractivity contribution is 8.00. The minimum atomic E-state index is -2.86. The predicted octanol–water partition coefficient (Wildman–Crippen LogP) is 3.26. The van der Waals surface area contributed by atoms with Gasteiger partial charge in [0.2, 0.25) is 0 Å². The maximum atomic E-state index is 12.2. The third kappa shape index (κ3) is 3.31. The molecule has 3 rings (SSSR count). The van der Waals surface area contributed by atoms with Crippen LogP contribution in [0.5, 0.6) is 5.75 Å². The van der Waals surface area contributed by atoms with Gasteiger partial charge in [0, 0.05) is 11.4 Å². The average molecular weight is 329 g/mol. The van der Waals surface area contributed by atoms with Gasteiger partial charge in [0.1, 0.15) is 5.75 Å². The van der Waals surface area contributed by atoms with Crippen molar-refractivity contribution in [1.82, 2.24) is 15.0 Å². The molecule has 2 aromatic heterocycles. The summed E-state index contributed by atoms with van der Waals surface area (Å²) in [6.07, 6.45) is 0. The van der Waals surface area contributed by atoms with Gasteiger partial charge in [-0.25, -0.2) is 9.97 Å². The summed E-state index contributed by atoms with van der Waals surface area (Å²) in [5.74, 6) is 0.0783. The highest BCUT2D eigenvalue weighted by Crippen LogP contribution is 2.30. The summed E-state index contributed by atoms with van der Waals surface area (Å²) in [7, 11) is 0. The van der Waals surface area contributed by atoms with Crippen molar-refractivity contribution < 1.29 is 18.6 Å². The van der Waals surface area contributed by atoms with Crippen LogP contribution in [0.25, 0.3) is 11.0 Å². The van der Waals surface area contributed by atoms with E-state index in [-0.39, 0.29) is 12.4 Å². The van der Waals surface area contributed by atoms with E-state index in [9.17, 15) is 8.78 Å². The summed E-state index contributed by atoms with van der Waals surface area (Å²) in [5.41, 5.74) is 1.86. The predicted molar refractivity (Wildman–Crippen MR) is 74.9 cm³/mol. The van der Waals surface area contributed by atoms with Crippen LogP contribution in [-0.4, -0.2) is 26.7 Å². The van der Waals surface area contributed by atoms with E-state index in [4.69, 9.17) is 5.11 Å². The lowest BCUT2D eigenvalue weighted by Gasteiger charge is -2.02. The molecule has 0 spiro atoms. The van der Waals surface area contributed by atoms with Gasteiger partial charge in [0.25, 0.3) is 0 Å². The lowest BCUT2D eigenvalue weighted by Crippen LogP contribution is -2.01. The maximum absolute atomic E-state index is 12.2. The maximum Gasteiger partial charge on any atom is 0.387 e. The van der Waals surface area contributed by atoms with Gasteiger partial charge < -0.3 is 14.8 Å². The van der Waals surface area contributed by atoms with Gasteiger partial charge >= 0.3 is 6.61 Å². The molecule has 0 saturated carbocycles. The van der Waals surface area contributed by atoms with Crippen molar-refractivity contribution in [2.45, 2.75) is 22.7 Å². The topological polar surface area (TPSA) is 71.0 Å². The molecule has 1 aromatic carbocycles. The second-order valence-corrected chi connectivity index (χ2v) is 6.06. The Bertz CT molecular complexity index is 760. The number of aromatic amines is 1. The number of hydrogen-bond donors (Lipinski definition) is 2. The molecule has 0 bridgehead atoms. The van der Waals surface area contributed by atoms with Gasteiger partial charge in [-0.1, -0.05) is 0 Å². The molecule has 9 heteroatoms. The Hall–Kier alpha value is -1.71. The summed E-state index contributed by atoms with van der Waals surface area (Å²) in [5, 5.41) is 11.3. The Morgan fingerprint density at radius 1 is 1.38 bits per heavy atom. The molecule has 2 N–H and O–H groups in total. The number of thiazole rings is 1. The van der Waals surface area contributed by atoms with E-state index in [1.54, 1.807) is 11.4 Å². The first kappa shape index (κ1) is 14.2. The summed E-state index contributed by atoms with van der Waals surface area (Å²) in [6.45, 7) is -2.96. The van der Waals surface area contributed by atoms with Crippen molar-refractivity contribution in [3.63, 3.8) is 0 Å². The molecule has 5 nitrogen and oxygen atoms in total. The van der Waals surface area contributed by atoms with Crippen molar-refractivity contribution in [2.24, 2.45) is 0 Å². The number of aliphatic hydroxyl groups excluding tert-OH is 1. The van der Waals surface area contributed by atoms with Crippen molar-refractivity contribution in [2.75, 3.05) is 0 Å². The molecule has 0 radical (unpaired) electrons. The molecular weight excluding hydrogens is 320 g/mol. The second kappa shape index (κ2) is 5.96. The van der Waals surface area contributed by atoms with E-state index in [2.05, 4.69) is 19.7 Å². The number of rotatable bonds is 5. The summed E-state index contributed by atoms with van der Waals surface area (Å²) < 4.78 is 29.4. The number of aliphatic hydroxyl groups is 1. The molecular formula is C12H9F2N3O2S2. The molecule has 3 aromatic rings. The zero-order valence-electron chi connectivity index (χ0n) is 10.4. The van der Waals surface area contributed by atoms with Crippen molar-refractivity contribution >= 4 is 34.1 Å². The highest BCUT2D eigenvalue weighted by Gasteiger charge is 2.10. The summed E-state index contributed by atoms with van der Waals surface area (Å²) in [6, 6.07) is 4.52. The lowest BCUT2D eigenvalue weighted by atomic mass is 10.3. The Balaban J connectivity index is 1.83. The fourth-order valence-corrected chi connectivity index (χ4v) is 3.42. The Morgan fingerprint density at radius 3 is 2.95 bits per heavy atom. The minimum Gasteiger partial charge on any atom is -0.435 e. The molecule has 2 heterocycles. The van der Waals surface area contributed by atoms with Crippen LogP contribution >= 0.6 is 23.1 Å².